The molecule has 0 spiro atoms. The van der Waals surface area contributed by atoms with Gasteiger partial charge in [0.1, 0.15) is 4.99 Å². The van der Waals surface area contributed by atoms with Crippen molar-refractivity contribution >= 4 is 34.7 Å². The van der Waals surface area contributed by atoms with Gasteiger partial charge in [0.15, 0.2) is 11.6 Å². The van der Waals surface area contributed by atoms with Crippen molar-refractivity contribution in [3.05, 3.63) is 29.3 Å². The third-order valence-electron chi connectivity index (χ3n) is 3.26. The molecule has 0 aliphatic carbocycles. The minimum Gasteiger partial charge on any atom is -0.389 e. The Hall–Kier alpha value is -0.880. The number of hydrogen-bond donors (Lipinski definition) is 1. The lowest BCUT2D eigenvalue weighted by Crippen LogP contribution is -2.38. The molecule has 1 aliphatic rings. The van der Waals surface area contributed by atoms with Crippen LogP contribution < -0.4 is 10.6 Å². The predicted molar refractivity (Wildman–Crippen MR) is 81.0 cm³/mol. The van der Waals surface area contributed by atoms with E-state index in [0.717, 1.165) is 25.3 Å². The molecule has 2 nitrogen and oxygen atoms in total. The summed E-state index contributed by atoms with van der Waals surface area (Å²) in [7, 11) is 0. The van der Waals surface area contributed by atoms with Crippen molar-refractivity contribution in [1.29, 1.82) is 0 Å². The fourth-order valence-corrected chi connectivity index (χ4v) is 3.50. The van der Waals surface area contributed by atoms with Gasteiger partial charge in [-0.1, -0.05) is 19.1 Å². The summed E-state index contributed by atoms with van der Waals surface area (Å²) in [6, 6.07) is 3.02. The van der Waals surface area contributed by atoms with Gasteiger partial charge in [0, 0.05) is 29.7 Å². The minimum atomic E-state index is -0.948. The van der Waals surface area contributed by atoms with Crippen LogP contribution in [0, 0.1) is 11.6 Å². The van der Waals surface area contributed by atoms with E-state index in [1.165, 1.54) is 6.07 Å². The molecule has 1 heterocycles. The Morgan fingerprint density at radius 2 is 2.21 bits per heavy atom. The van der Waals surface area contributed by atoms with Crippen molar-refractivity contribution < 1.29 is 8.78 Å². The van der Waals surface area contributed by atoms with E-state index in [9.17, 15) is 8.78 Å². The lowest BCUT2D eigenvalue weighted by atomic mass is 10.1. The van der Waals surface area contributed by atoms with Gasteiger partial charge >= 0.3 is 0 Å². The first-order chi connectivity index (χ1) is 9.04. The normalized spacial score (nSPS) is 19.5. The topological polar surface area (TPSA) is 29.3 Å². The highest BCUT2D eigenvalue weighted by molar-refractivity contribution is 8.00. The number of thioether (sulfide) groups is 1. The number of thiocarbonyl (C=S) groups is 1. The van der Waals surface area contributed by atoms with Gasteiger partial charge in [-0.3, -0.25) is 0 Å². The number of nitrogens with two attached hydrogens (primary N) is 1. The molecular weight excluding hydrogens is 286 g/mol. The summed E-state index contributed by atoms with van der Waals surface area (Å²) in [6.45, 7) is 3.57. The highest BCUT2D eigenvalue weighted by atomic mass is 32.2. The summed E-state index contributed by atoms with van der Waals surface area (Å²) in [5.41, 5.74) is 5.63. The molecule has 2 N–H and O–H groups in total. The summed E-state index contributed by atoms with van der Waals surface area (Å²) in [4.78, 5) is 1.77. The van der Waals surface area contributed by atoms with E-state index in [1.807, 2.05) is 16.7 Å². The first kappa shape index (κ1) is 14.5. The first-order valence-corrected chi connectivity index (χ1v) is 7.64. The standard InChI is InChI=1S/C13H16F2N2S2/c1-2-8-7-17(5-6-19-8)10-4-3-9(13(16)18)11(14)12(10)15/h3-4,8H,2,5-7H2,1H3,(H2,16,18). The largest absolute Gasteiger partial charge is 0.389 e. The third kappa shape index (κ3) is 3.00. The van der Waals surface area contributed by atoms with Gasteiger partial charge in [0.05, 0.1) is 5.69 Å². The van der Waals surface area contributed by atoms with Crippen molar-refractivity contribution in [1.82, 2.24) is 0 Å². The molecule has 1 aromatic rings. The Labute approximate surface area is 121 Å². The molecule has 1 atom stereocenters. The van der Waals surface area contributed by atoms with E-state index in [-0.39, 0.29) is 10.6 Å². The van der Waals surface area contributed by atoms with E-state index in [4.69, 9.17) is 18.0 Å². The SMILES string of the molecule is CCC1CN(c2ccc(C(N)=S)c(F)c2F)CCS1. The van der Waals surface area contributed by atoms with Gasteiger partial charge < -0.3 is 10.6 Å². The Balaban J connectivity index is 2.30. The van der Waals surface area contributed by atoms with E-state index in [1.54, 1.807) is 6.07 Å². The highest BCUT2D eigenvalue weighted by Crippen LogP contribution is 2.29. The van der Waals surface area contributed by atoms with Crippen molar-refractivity contribution in [2.75, 3.05) is 23.7 Å². The molecule has 1 saturated heterocycles. The van der Waals surface area contributed by atoms with Crippen molar-refractivity contribution in [3.63, 3.8) is 0 Å². The van der Waals surface area contributed by atoms with Crippen LogP contribution in [-0.4, -0.2) is 29.1 Å². The molecule has 0 aromatic heterocycles. The molecule has 2 rings (SSSR count). The lowest BCUT2D eigenvalue weighted by Gasteiger charge is -2.34. The molecule has 19 heavy (non-hydrogen) atoms. The van der Waals surface area contributed by atoms with Crippen molar-refractivity contribution in [2.24, 2.45) is 5.73 Å². The number of halogens is 2. The molecule has 6 heteroatoms. The van der Waals surface area contributed by atoms with Crippen LogP contribution in [0.3, 0.4) is 0 Å². The average molecular weight is 302 g/mol. The molecule has 0 bridgehead atoms. The monoisotopic (exact) mass is 302 g/mol. The maximum atomic E-state index is 14.1. The van der Waals surface area contributed by atoms with Crippen LogP contribution in [0.15, 0.2) is 12.1 Å². The van der Waals surface area contributed by atoms with Gasteiger partial charge in [-0.25, -0.2) is 8.78 Å². The van der Waals surface area contributed by atoms with Crippen molar-refractivity contribution in [3.8, 4) is 0 Å². The summed E-state index contributed by atoms with van der Waals surface area (Å²) in [6.07, 6.45) is 1.02. The van der Waals surface area contributed by atoms with Crippen LogP contribution in [0.1, 0.15) is 18.9 Å². The van der Waals surface area contributed by atoms with E-state index < -0.39 is 11.6 Å². The number of anilines is 1. The molecule has 0 amide bonds. The Bertz CT molecular complexity index is 494. The van der Waals surface area contributed by atoms with Crippen LogP contribution in [0.25, 0.3) is 0 Å². The van der Waals surface area contributed by atoms with Crippen LogP contribution in [0.2, 0.25) is 0 Å². The fourth-order valence-electron chi connectivity index (χ4n) is 2.16. The molecule has 1 unspecified atom stereocenters. The minimum absolute atomic E-state index is 0.0327. The maximum absolute atomic E-state index is 14.1. The predicted octanol–water partition coefficient (Wildman–Crippen LogP) is 2.93. The van der Waals surface area contributed by atoms with E-state index >= 15 is 0 Å². The van der Waals surface area contributed by atoms with Crippen LogP contribution in [-0.2, 0) is 0 Å². The molecule has 1 fully saturated rings. The summed E-state index contributed by atoms with van der Waals surface area (Å²) < 4.78 is 28.0. The van der Waals surface area contributed by atoms with Crippen LogP contribution >= 0.6 is 24.0 Å². The van der Waals surface area contributed by atoms with Gasteiger partial charge in [-0.15, -0.1) is 0 Å². The molecule has 1 aliphatic heterocycles. The second-order valence-corrected chi connectivity index (χ2v) is 6.32. The Kier molecular flexibility index (Phi) is 4.62. The van der Waals surface area contributed by atoms with E-state index in [2.05, 4.69) is 6.92 Å². The van der Waals surface area contributed by atoms with E-state index in [0.29, 0.717) is 10.9 Å². The number of benzene rings is 1. The van der Waals surface area contributed by atoms with Gasteiger partial charge in [0.25, 0.3) is 0 Å². The molecule has 0 radical (unpaired) electrons. The number of nitrogens with zero attached hydrogens (tertiary/aromatic N) is 1. The maximum Gasteiger partial charge on any atom is 0.182 e. The molecule has 1 aromatic carbocycles. The lowest BCUT2D eigenvalue weighted by molar-refractivity contribution is 0.504. The molecule has 0 saturated carbocycles. The quantitative estimate of drug-likeness (QED) is 0.869. The second kappa shape index (κ2) is 6.05. The average Bonchev–Trinajstić information content (AvgIpc) is 2.41. The van der Waals surface area contributed by atoms with Gasteiger partial charge in [-0.2, -0.15) is 11.8 Å². The molecular formula is C13H16F2N2S2. The zero-order chi connectivity index (χ0) is 14.0. The van der Waals surface area contributed by atoms with Gasteiger partial charge in [-0.05, 0) is 18.6 Å². The zero-order valence-electron chi connectivity index (χ0n) is 10.7. The fraction of sp³-hybridized carbons (Fsp3) is 0.462. The third-order valence-corrected chi connectivity index (χ3v) is 4.85. The smallest absolute Gasteiger partial charge is 0.182 e. The second-order valence-electron chi connectivity index (χ2n) is 4.47. The Morgan fingerprint density at radius 1 is 1.47 bits per heavy atom. The zero-order valence-corrected chi connectivity index (χ0v) is 12.3. The van der Waals surface area contributed by atoms with Crippen molar-refractivity contribution in [2.45, 2.75) is 18.6 Å². The summed E-state index contributed by atoms with van der Waals surface area (Å²) in [5.74, 6) is -0.875. The summed E-state index contributed by atoms with van der Waals surface area (Å²) in [5, 5.41) is 0.464. The summed E-state index contributed by atoms with van der Waals surface area (Å²) >= 11 is 6.58. The number of hydrogen-bond acceptors (Lipinski definition) is 3. The first-order valence-electron chi connectivity index (χ1n) is 6.19. The van der Waals surface area contributed by atoms with Gasteiger partial charge in [0.2, 0.25) is 0 Å². The Morgan fingerprint density at radius 3 is 2.84 bits per heavy atom. The number of rotatable bonds is 3. The van der Waals surface area contributed by atoms with Crippen LogP contribution in [0.4, 0.5) is 14.5 Å². The highest BCUT2D eigenvalue weighted by Gasteiger charge is 2.24. The van der Waals surface area contributed by atoms with Crippen LogP contribution in [0.5, 0.6) is 0 Å². The molecule has 104 valence electrons.